The number of nitrogen functional groups attached to an aromatic ring is 1. The molecule has 0 spiro atoms. The average Bonchev–Trinajstić information content (AvgIpc) is 2.94. The summed E-state index contributed by atoms with van der Waals surface area (Å²) in [5.41, 5.74) is 6.41. The van der Waals surface area contributed by atoms with E-state index in [0.717, 1.165) is 11.3 Å². The molecular weight excluding hydrogens is 459 g/mol. The number of Topliss-reactive ketones (excluding diaryl/α,β-unsaturated/α-hetero) is 1. The van der Waals surface area contributed by atoms with Crippen molar-refractivity contribution < 1.29 is 22.7 Å². The molecule has 1 fully saturated rings. The fourth-order valence-electron chi connectivity index (χ4n) is 3.14. The van der Waals surface area contributed by atoms with Gasteiger partial charge in [0.15, 0.2) is 5.78 Å². The van der Waals surface area contributed by atoms with Crippen LogP contribution in [0.25, 0.3) is 0 Å². The van der Waals surface area contributed by atoms with Gasteiger partial charge in [0.2, 0.25) is 5.91 Å². The van der Waals surface area contributed by atoms with Gasteiger partial charge in [-0.2, -0.15) is 0 Å². The molecule has 1 saturated heterocycles. The standard InChI is InChI=1S/C18H18Cl2N2O5S2/c1-27-15-5-3-12(19)7-11(15)6-10-2-4-13(23)9-22(18(10)24)29(25,26)16-8-14(21)17(20)28-16/h3,5,7-8,10H,2,4,6,9,21H2,1H3. The van der Waals surface area contributed by atoms with Crippen LogP contribution in [-0.2, 0) is 26.0 Å². The van der Waals surface area contributed by atoms with Gasteiger partial charge in [0.25, 0.3) is 10.0 Å². The molecule has 0 aliphatic carbocycles. The number of rotatable bonds is 5. The number of ether oxygens (including phenoxy) is 1. The minimum absolute atomic E-state index is 0.0959. The van der Waals surface area contributed by atoms with E-state index in [-0.39, 0.29) is 39.3 Å². The number of hydrogen-bond donors (Lipinski definition) is 1. The van der Waals surface area contributed by atoms with Crippen LogP contribution in [0.3, 0.4) is 0 Å². The number of methoxy groups -OCH3 is 1. The zero-order valence-corrected chi connectivity index (χ0v) is 18.5. The van der Waals surface area contributed by atoms with Gasteiger partial charge in [-0.25, -0.2) is 12.7 Å². The lowest BCUT2D eigenvalue weighted by Crippen LogP contribution is -2.41. The number of amides is 1. The lowest BCUT2D eigenvalue weighted by atomic mass is 9.93. The van der Waals surface area contributed by atoms with E-state index in [1.54, 1.807) is 18.2 Å². The lowest BCUT2D eigenvalue weighted by molar-refractivity contribution is -0.131. The largest absolute Gasteiger partial charge is 0.496 e. The summed E-state index contributed by atoms with van der Waals surface area (Å²) in [5, 5.41) is 0.464. The van der Waals surface area contributed by atoms with E-state index in [4.69, 9.17) is 33.7 Å². The first kappa shape index (κ1) is 21.9. The van der Waals surface area contributed by atoms with Crippen molar-refractivity contribution in [2.75, 3.05) is 19.4 Å². The molecule has 29 heavy (non-hydrogen) atoms. The number of hydrogen-bond acceptors (Lipinski definition) is 7. The summed E-state index contributed by atoms with van der Waals surface area (Å²) in [5.74, 6) is -1.18. The van der Waals surface area contributed by atoms with Crippen LogP contribution in [0, 0.1) is 5.92 Å². The Balaban J connectivity index is 1.96. The quantitative estimate of drug-likeness (QED) is 0.708. The Hall–Kier alpha value is -1.81. The van der Waals surface area contributed by atoms with Crippen molar-refractivity contribution in [1.29, 1.82) is 0 Å². The Kier molecular flexibility index (Phi) is 6.42. The maximum Gasteiger partial charge on any atom is 0.276 e. The summed E-state index contributed by atoms with van der Waals surface area (Å²) in [7, 11) is -2.77. The van der Waals surface area contributed by atoms with Crippen LogP contribution in [0.1, 0.15) is 18.4 Å². The summed E-state index contributed by atoms with van der Waals surface area (Å²) in [6.45, 7) is -0.514. The summed E-state index contributed by atoms with van der Waals surface area (Å²) in [4.78, 5) is 25.4. The smallest absolute Gasteiger partial charge is 0.276 e. The molecule has 2 heterocycles. The number of nitrogens with zero attached hydrogens (tertiary/aromatic N) is 1. The Morgan fingerprint density at radius 2 is 2.00 bits per heavy atom. The molecule has 3 rings (SSSR count). The SMILES string of the molecule is COc1ccc(Cl)cc1CC1CCC(=O)CN(S(=O)(=O)c2cc(N)c(Cl)s2)C1=O. The second kappa shape index (κ2) is 8.51. The molecule has 11 heteroatoms. The third-order valence-electron chi connectivity index (χ3n) is 4.63. The molecular formula is C18H18Cl2N2O5S2. The molecule has 1 unspecified atom stereocenters. The van der Waals surface area contributed by atoms with Crippen LogP contribution >= 0.6 is 34.5 Å². The van der Waals surface area contributed by atoms with Crippen molar-refractivity contribution in [3.8, 4) is 5.75 Å². The Bertz CT molecular complexity index is 1050. The predicted molar refractivity (Wildman–Crippen MR) is 112 cm³/mol. The predicted octanol–water partition coefficient (Wildman–Crippen LogP) is 3.38. The molecule has 1 aliphatic heterocycles. The zero-order valence-electron chi connectivity index (χ0n) is 15.4. The van der Waals surface area contributed by atoms with Gasteiger partial charge in [-0.1, -0.05) is 23.2 Å². The van der Waals surface area contributed by atoms with Gasteiger partial charge in [-0.05, 0) is 42.7 Å². The minimum atomic E-state index is -4.26. The average molecular weight is 477 g/mol. The van der Waals surface area contributed by atoms with E-state index in [9.17, 15) is 18.0 Å². The second-order valence-corrected chi connectivity index (χ2v) is 10.8. The Morgan fingerprint density at radius 1 is 1.28 bits per heavy atom. The fraction of sp³-hybridized carbons (Fsp3) is 0.333. The van der Waals surface area contributed by atoms with E-state index in [1.165, 1.54) is 13.2 Å². The van der Waals surface area contributed by atoms with Gasteiger partial charge in [-0.15, -0.1) is 11.3 Å². The van der Waals surface area contributed by atoms with Crippen LogP contribution in [0.2, 0.25) is 9.36 Å². The Labute approximate surface area is 182 Å². The van der Waals surface area contributed by atoms with Gasteiger partial charge in [-0.3, -0.25) is 9.59 Å². The number of ketones is 1. The van der Waals surface area contributed by atoms with E-state index in [0.29, 0.717) is 20.6 Å². The monoisotopic (exact) mass is 476 g/mol. The zero-order chi connectivity index (χ0) is 21.3. The number of halogens is 2. The van der Waals surface area contributed by atoms with Gasteiger partial charge in [0.05, 0.1) is 19.3 Å². The summed E-state index contributed by atoms with van der Waals surface area (Å²) in [6, 6.07) is 6.19. The molecule has 0 radical (unpaired) electrons. The number of thiophene rings is 1. The van der Waals surface area contributed by atoms with Crippen LogP contribution in [0.5, 0.6) is 5.75 Å². The fourth-order valence-corrected chi connectivity index (χ4v) is 6.45. The van der Waals surface area contributed by atoms with Gasteiger partial charge < -0.3 is 10.5 Å². The first-order chi connectivity index (χ1) is 13.6. The summed E-state index contributed by atoms with van der Waals surface area (Å²) in [6.07, 6.45) is 0.514. The molecule has 1 aromatic heterocycles. The van der Waals surface area contributed by atoms with E-state index in [2.05, 4.69) is 0 Å². The van der Waals surface area contributed by atoms with Gasteiger partial charge in [0.1, 0.15) is 14.3 Å². The van der Waals surface area contributed by atoms with Gasteiger partial charge >= 0.3 is 0 Å². The van der Waals surface area contributed by atoms with Crippen molar-refractivity contribution >= 4 is 61.9 Å². The first-order valence-corrected chi connectivity index (χ1v) is 11.6. The number of benzene rings is 1. The van der Waals surface area contributed by atoms with Crippen molar-refractivity contribution in [2.45, 2.75) is 23.5 Å². The number of carbonyl (C=O) groups is 2. The normalized spacial score (nSPS) is 18.0. The topological polar surface area (TPSA) is 107 Å². The maximum atomic E-state index is 13.2. The highest BCUT2D eigenvalue weighted by atomic mass is 35.5. The minimum Gasteiger partial charge on any atom is -0.496 e. The van der Waals surface area contributed by atoms with Gasteiger partial charge in [0, 0.05) is 17.4 Å². The molecule has 2 aromatic rings. The molecule has 1 aromatic carbocycles. The van der Waals surface area contributed by atoms with Crippen LogP contribution in [0.15, 0.2) is 28.5 Å². The summed E-state index contributed by atoms with van der Waals surface area (Å²) < 4.78 is 32.0. The van der Waals surface area contributed by atoms with E-state index < -0.39 is 28.4 Å². The number of sulfonamides is 1. The molecule has 1 amide bonds. The van der Waals surface area contributed by atoms with Crippen LogP contribution in [0.4, 0.5) is 5.69 Å². The molecule has 0 bridgehead atoms. The van der Waals surface area contributed by atoms with Crippen molar-refractivity contribution in [3.05, 3.63) is 39.2 Å². The van der Waals surface area contributed by atoms with E-state index >= 15 is 0 Å². The molecule has 0 saturated carbocycles. The van der Waals surface area contributed by atoms with E-state index in [1.807, 2.05) is 0 Å². The van der Waals surface area contributed by atoms with Crippen LogP contribution in [-0.4, -0.2) is 38.1 Å². The highest BCUT2D eigenvalue weighted by molar-refractivity contribution is 7.91. The van der Waals surface area contributed by atoms with Crippen LogP contribution < -0.4 is 10.5 Å². The number of nitrogens with two attached hydrogens (primary N) is 1. The Morgan fingerprint density at radius 3 is 2.62 bits per heavy atom. The third-order valence-corrected chi connectivity index (χ3v) is 8.45. The molecule has 7 nitrogen and oxygen atoms in total. The molecule has 1 atom stereocenters. The van der Waals surface area contributed by atoms with Crippen molar-refractivity contribution in [1.82, 2.24) is 4.31 Å². The second-order valence-electron chi connectivity index (χ2n) is 6.58. The molecule has 156 valence electrons. The molecule has 1 aliphatic rings. The number of carbonyl (C=O) groups excluding carboxylic acids is 2. The van der Waals surface area contributed by atoms with Crippen molar-refractivity contribution in [3.63, 3.8) is 0 Å². The molecule has 2 N–H and O–H groups in total. The highest BCUT2D eigenvalue weighted by Crippen LogP contribution is 2.36. The van der Waals surface area contributed by atoms with Crippen molar-refractivity contribution in [2.24, 2.45) is 5.92 Å². The number of anilines is 1. The highest BCUT2D eigenvalue weighted by Gasteiger charge is 2.39. The first-order valence-electron chi connectivity index (χ1n) is 8.59. The lowest BCUT2D eigenvalue weighted by Gasteiger charge is -2.23. The maximum absolute atomic E-state index is 13.2. The third kappa shape index (κ3) is 4.53. The summed E-state index contributed by atoms with van der Waals surface area (Å²) >= 11 is 12.7.